The van der Waals surface area contributed by atoms with Crippen molar-refractivity contribution in [1.82, 2.24) is 14.9 Å². The number of nitrogens with two attached hydrogens (primary N) is 1. The van der Waals surface area contributed by atoms with Gasteiger partial charge in [-0.05, 0) is 17.1 Å². The van der Waals surface area contributed by atoms with Crippen LogP contribution in [0.1, 0.15) is 22.1 Å². The van der Waals surface area contributed by atoms with E-state index in [1.165, 1.54) is 5.38 Å². The van der Waals surface area contributed by atoms with Crippen molar-refractivity contribution in [3.63, 3.8) is 0 Å². The van der Waals surface area contributed by atoms with E-state index in [0.717, 1.165) is 11.5 Å². The summed E-state index contributed by atoms with van der Waals surface area (Å²) in [6.45, 7) is 0. The van der Waals surface area contributed by atoms with Gasteiger partial charge < -0.3 is 16.3 Å². The van der Waals surface area contributed by atoms with Crippen molar-refractivity contribution in [2.45, 2.75) is 6.04 Å². The van der Waals surface area contributed by atoms with Crippen LogP contribution in [0, 0.1) is 0 Å². The smallest absolute Gasteiger partial charge is 0.273 e. The predicted octanol–water partition coefficient (Wildman–Crippen LogP) is 0.756. The third-order valence-electron chi connectivity index (χ3n) is 2.41. The number of carbonyl (C=O) groups excluding carboxylic acids is 1. The first-order valence-corrected chi connectivity index (χ1v) is 6.16. The largest absolute Gasteiger partial charge is 0.409 e. The molecule has 0 bridgehead atoms. The van der Waals surface area contributed by atoms with E-state index in [2.05, 4.69) is 20.1 Å². The Hall–Kier alpha value is -2.48. The zero-order valence-corrected chi connectivity index (χ0v) is 10.5. The van der Waals surface area contributed by atoms with Gasteiger partial charge in [-0.3, -0.25) is 4.79 Å². The van der Waals surface area contributed by atoms with E-state index in [0.29, 0.717) is 5.56 Å². The number of hydrogen-bond acceptors (Lipinski definition) is 6. The van der Waals surface area contributed by atoms with Crippen molar-refractivity contribution in [1.29, 1.82) is 0 Å². The lowest BCUT2D eigenvalue weighted by Gasteiger charge is -2.16. The molecular weight excluding hydrogens is 266 g/mol. The Labute approximate surface area is 112 Å². The third-order valence-corrected chi connectivity index (χ3v) is 2.92. The van der Waals surface area contributed by atoms with Gasteiger partial charge in [0.15, 0.2) is 11.5 Å². The summed E-state index contributed by atoms with van der Waals surface area (Å²) >= 11 is 1.07. The summed E-state index contributed by atoms with van der Waals surface area (Å²) in [7, 11) is 0. The quantitative estimate of drug-likeness (QED) is 0.330. The van der Waals surface area contributed by atoms with E-state index in [4.69, 9.17) is 10.9 Å². The molecule has 98 valence electrons. The number of benzene rings is 1. The molecule has 8 heteroatoms. The highest BCUT2D eigenvalue weighted by Crippen LogP contribution is 2.13. The molecule has 1 unspecified atom stereocenters. The molecule has 0 aliphatic rings. The molecule has 0 aliphatic heterocycles. The molecule has 0 saturated heterocycles. The topological polar surface area (TPSA) is 113 Å². The monoisotopic (exact) mass is 277 g/mol. The fraction of sp³-hybridized carbons (Fsp3) is 0.0909. The summed E-state index contributed by atoms with van der Waals surface area (Å²) in [5.41, 5.74) is 6.50. The van der Waals surface area contributed by atoms with Gasteiger partial charge in [-0.15, -0.1) is 5.10 Å². The maximum Gasteiger partial charge on any atom is 0.273 e. The van der Waals surface area contributed by atoms with Crippen LogP contribution in [0.5, 0.6) is 0 Å². The first kappa shape index (κ1) is 13.0. The number of nitrogens with one attached hydrogen (secondary N) is 1. The Balaban J connectivity index is 2.23. The molecular formula is C11H11N5O2S. The zero-order valence-electron chi connectivity index (χ0n) is 9.72. The van der Waals surface area contributed by atoms with Gasteiger partial charge in [-0.25, -0.2) is 0 Å². The standard InChI is InChI=1S/C11H11N5O2S/c12-10(15-18)9(7-4-2-1-3-5-7)13-11(17)8-6-19-16-14-8/h1-6,9,18H,(H2,12,15)(H,13,17). The highest BCUT2D eigenvalue weighted by atomic mass is 32.1. The summed E-state index contributed by atoms with van der Waals surface area (Å²) in [4.78, 5) is 11.9. The predicted molar refractivity (Wildman–Crippen MR) is 70.0 cm³/mol. The van der Waals surface area contributed by atoms with Gasteiger partial charge in [-0.2, -0.15) is 0 Å². The molecule has 1 heterocycles. The Morgan fingerprint density at radius 1 is 1.42 bits per heavy atom. The SMILES string of the molecule is NC(=NO)C(NC(=O)c1csnn1)c1ccccc1. The summed E-state index contributed by atoms with van der Waals surface area (Å²) in [5.74, 6) is -0.544. The molecule has 1 aromatic carbocycles. The van der Waals surface area contributed by atoms with Gasteiger partial charge in [0, 0.05) is 5.38 Å². The second-order valence-electron chi connectivity index (χ2n) is 3.63. The Bertz CT molecular complexity index is 570. The normalized spacial score (nSPS) is 12.9. The number of hydrogen-bond donors (Lipinski definition) is 3. The van der Waals surface area contributed by atoms with Crippen LogP contribution in [0.25, 0.3) is 0 Å². The van der Waals surface area contributed by atoms with Crippen LogP contribution in [0.2, 0.25) is 0 Å². The van der Waals surface area contributed by atoms with Crippen molar-refractivity contribution < 1.29 is 10.0 Å². The van der Waals surface area contributed by atoms with E-state index >= 15 is 0 Å². The molecule has 0 spiro atoms. The summed E-state index contributed by atoms with van der Waals surface area (Å²) in [6, 6.07) is 8.23. The van der Waals surface area contributed by atoms with E-state index in [9.17, 15) is 4.79 Å². The summed E-state index contributed by atoms with van der Waals surface area (Å²) in [6.07, 6.45) is 0. The van der Waals surface area contributed by atoms with Gasteiger partial charge in [0.1, 0.15) is 6.04 Å². The maximum atomic E-state index is 11.9. The van der Waals surface area contributed by atoms with Crippen LogP contribution in [0.3, 0.4) is 0 Å². The summed E-state index contributed by atoms with van der Waals surface area (Å²) in [5, 5.41) is 19.6. The van der Waals surface area contributed by atoms with Crippen molar-refractivity contribution in [2.24, 2.45) is 10.9 Å². The van der Waals surface area contributed by atoms with Crippen molar-refractivity contribution in [2.75, 3.05) is 0 Å². The van der Waals surface area contributed by atoms with Crippen molar-refractivity contribution in [3.05, 3.63) is 47.0 Å². The van der Waals surface area contributed by atoms with Crippen LogP contribution >= 0.6 is 11.5 Å². The number of nitrogens with zero attached hydrogens (tertiary/aromatic N) is 3. The fourth-order valence-electron chi connectivity index (χ4n) is 1.50. The Morgan fingerprint density at radius 2 is 2.16 bits per heavy atom. The number of carbonyl (C=O) groups is 1. The lowest BCUT2D eigenvalue weighted by Crippen LogP contribution is -2.37. The Kier molecular flexibility index (Phi) is 4.04. The van der Waals surface area contributed by atoms with Gasteiger partial charge in [0.05, 0.1) is 0 Å². The van der Waals surface area contributed by atoms with Gasteiger partial charge >= 0.3 is 0 Å². The lowest BCUT2D eigenvalue weighted by atomic mass is 10.1. The molecule has 0 saturated carbocycles. The third kappa shape index (κ3) is 3.05. The van der Waals surface area contributed by atoms with E-state index in [-0.39, 0.29) is 11.5 Å². The highest BCUT2D eigenvalue weighted by molar-refractivity contribution is 7.03. The average molecular weight is 277 g/mol. The van der Waals surface area contributed by atoms with Crippen molar-refractivity contribution in [3.8, 4) is 0 Å². The number of amidine groups is 1. The summed E-state index contributed by atoms with van der Waals surface area (Å²) < 4.78 is 3.61. The molecule has 0 radical (unpaired) electrons. The molecule has 1 atom stereocenters. The van der Waals surface area contributed by atoms with Gasteiger partial charge in [0.25, 0.3) is 5.91 Å². The zero-order chi connectivity index (χ0) is 13.7. The van der Waals surface area contributed by atoms with Crippen LogP contribution in [0.4, 0.5) is 0 Å². The minimum atomic E-state index is -0.722. The van der Waals surface area contributed by atoms with Crippen LogP contribution < -0.4 is 11.1 Å². The fourth-order valence-corrected chi connectivity index (χ4v) is 1.94. The molecule has 19 heavy (non-hydrogen) atoms. The maximum absolute atomic E-state index is 11.9. The van der Waals surface area contributed by atoms with E-state index < -0.39 is 11.9 Å². The molecule has 0 fully saturated rings. The molecule has 1 amide bonds. The second-order valence-corrected chi connectivity index (χ2v) is 4.24. The first-order valence-electron chi connectivity index (χ1n) is 5.32. The molecule has 1 aromatic heterocycles. The van der Waals surface area contributed by atoms with Gasteiger partial charge in [0.2, 0.25) is 0 Å². The van der Waals surface area contributed by atoms with E-state index in [1.807, 2.05) is 6.07 Å². The molecule has 2 aromatic rings. The number of aromatic nitrogens is 2. The van der Waals surface area contributed by atoms with Crippen molar-refractivity contribution >= 4 is 23.3 Å². The van der Waals surface area contributed by atoms with Gasteiger partial charge in [-0.1, -0.05) is 40.0 Å². The van der Waals surface area contributed by atoms with Crippen LogP contribution in [-0.2, 0) is 0 Å². The molecule has 4 N–H and O–H groups in total. The number of amides is 1. The second kappa shape index (κ2) is 5.91. The first-order chi connectivity index (χ1) is 9.22. The molecule has 0 aliphatic carbocycles. The highest BCUT2D eigenvalue weighted by Gasteiger charge is 2.20. The molecule has 2 rings (SSSR count). The lowest BCUT2D eigenvalue weighted by molar-refractivity contribution is 0.0941. The minimum absolute atomic E-state index is 0.109. The number of rotatable bonds is 4. The Morgan fingerprint density at radius 3 is 2.74 bits per heavy atom. The van der Waals surface area contributed by atoms with Crippen LogP contribution in [-0.4, -0.2) is 26.5 Å². The van der Waals surface area contributed by atoms with Crippen LogP contribution in [0.15, 0.2) is 40.9 Å². The molecule has 7 nitrogen and oxygen atoms in total. The average Bonchev–Trinajstić information content (AvgIpc) is 2.99. The number of oxime groups is 1. The minimum Gasteiger partial charge on any atom is -0.409 e. The van der Waals surface area contributed by atoms with E-state index in [1.54, 1.807) is 24.3 Å².